The number of sulfonamides is 1. The van der Waals surface area contributed by atoms with Crippen LogP contribution < -0.4 is 10.0 Å². The highest BCUT2D eigenvalue weighted by Crippen LogP contribution is 2.15. The molecule has 112 valence electrons. The minimum atomic E-state index is -3.61. The van der Waals surface area contributed by atoms with Gasteiger partial charge in [-0.05, 0) is 36.4 Å². The van der Waals surface area contributed by atoms with Crippen molar-refractivity contribution in [3.05, 3.63) is 65.5 Å². The Morgan fingerprint density at radius 2 is 1.67 bits per heavy atom. The first-order valence-corrected chi connectivity index (χ1v) is 7.98. The third kappa shape index (κ3) is 4.10. The molecular formula is C15H17FN2O2S. The van der Waals surface area contributed by atoms with Crippen molar-refractivity contribution in [2.75, 3.05) is 7.05 Å². The van der Waals surface area contributed by atoms with Crippen molar-refractivity contribution < 1.29 is 12.8 Å². The second-order valence-electron chi connectivity index (χ2n) is 4.59. The van der Waals surface area contributed by atoms with E-state index in [4.69, 9.17) is 0 Å². The number of rotatable bonds is 6. The predicted octanol–water partition coefficient (Wildman–Crippen LogP) is 2.02. The largest absolute Gasteiger partial charge is 0.316 e. The van der Waals surface area contributed by atoms with Crippen molar-refractivity contribution in [1.29, 1.82) is 0 Å². The summed E-state index contributed by atoms with van der Waals surface area (Å²) in [6.45, 7) is 0.587. The lowest BCUT2D eigenvalue weighted by atomic mass is 10.2. The molecule has 0 saturated heterocycles. The minimum Gasteiger partial charge on any atom is -0.316 e. The molecule has 0 fully saturated rings. The molecule has 0 atom stereocenters. The zero-order valence-corrected chi connectivity index (χ0v) is 12.5. The Morgan fingerprint density at radius 3 is 2.33 bits per heavy atom. The predicted molar refractivity (Wildman–Crippen MR) is 79.6 cm³/mol. The molecule has 2 aromatic carbocycles. The highest BCUT2D eigenvalue weighted by molar-refractivity contribution is 7.89. The fraction of sp³-hybridized carbons (Fsp3) is 0.200. The molecule has 0 aromatic heterocycles. The van der Waals surface area contributed by atoms with Gasteiger partial charge < -0.3 is 5.32 Å². The molecule has 0 saturated carbocycles. The maximum atomic E-state index is 12.8. The van der Waals surface area contributed by atoms with Crippen LogP contribution in [0.5, 0.6) is 0 Å². The van der Waals surface area contributed by atoms with Gasteiger partial charge in [0.05, 0.1) is 4.90 Å². The average Bonchev–Trinajstić information content (AvgIpc) is 2.47. The van der Waals surface area contributed by atoms with E-state index in [2.05, 4.69) is 10.0 Å². The molecule has 2 aromatic rings. The Bertz CT molecular complexity index is 700. The van der Waals surface area contributed by atoms with Crippen LogP contribution in [-0.4, -0.2) is 15.5 Å². The Kier molecular flexibility index (Phi) is 5.06. The van der Waals surface area contributed by atoms with Crippen LogP contribution in [0.2, 0.25) is 0 Å². The van der Waals surface area contributed by atoms with E-state index in [-0.39, 0.29) is 17.3 Å². The molecular weight excluding hydrogens is 291 g/mol. The lowest BCUT2D eigenvalue weighted by Crippen LogP contribution is -2.25. The van der Waals surface area contributed by atoms with Gasteiger partial charge in [-0.3, -0.25) is 0 Å². The van der Waals surface area contributed by atoms with Crippen LogP contribution in [0.4, 0.5) is 4.39 Å². The Hall–Kier alpha value is -1.76. The summed E-state index contributed by atoms with van der Waals surface area (Å²) in [5, 5.41) is 2.94. The fourth-order valence-electron chi connectivity index (χ4n) is 1.96. The maximum absolute atomic E-state index is 12.8. The molecule has 0 heterocycles. The van der Waals surface area contributed by atoms with Crippen molar-refractivity contribution in [2.24, 2.45) is 0 Å². The molecule has 0 radical (unpaired) electrons. The molecule has 2 N–H and O–H groups in total. The van der Waals surface area contributed by atoms with Crippen LogP contribution in [-0.2, 0) is 23.1 Å². The molecule has 0 unspecified atom stereocenters. The van der Waals surface area contributed by atoms with E-state index in [0.717, 1.165) is 0 Å². The summed E-state index contributed by atoms with van der Waals surface area (Å²) in [4.78, 5) is 0.251. The van der Waals surface area contributed by atoms with Crippen molar-refractivity contribution in [2.45, 2.75) is 18.0 Å². The molecule has 21 heavy (non-hydrogen) atoms. The molecule has 0 aliphatic carbocycles. The van der Waals surface area contributed by atoms with Gasteiger partial charge >= 0.3 is 0 Å². The smallest absolute Gasteiger partial charge is 0.241 e. The second-order valence-corrected chi connectivity index (χ2v) is 6.32. The van der Waals surface area contributed by atoms with Crippen LogP contribution >= 0.6 is 0 Å². The summed E-state index contributed by atoms with van der Waals surface area (Å²) in [7, 11) is -1.85. The summed E-state index contributed by atoms with van der Waals surface area (Å²) < 4.78 is 40.1. The van der Waals surface area contributed by atoms with Crippen LogP contribution in [0.3, 0.4) is 0 Å². The van der Waals surface area contributed by atoms with Gasteiger partial charge in [0, 0.05) is 13.1 Å². The maximum Gasteiger partial charge on any atom is 0.241 e. The lowest BCUT2D eigenvalue weighted by molar-refractivity contribution is 0.579. The topological polar surface area (TPSA) is 58.2 Å². The molecule has 0 bridgehead atoms. The van der Waals surface area contributed by atoms with Crippen molar-refractivity contribution in [3.63, 3.8) is 0 Å². The first kappa shape index (κ1) is 15.6. The second kappa shape index (κ2) is 6.80. The number of hydrogen-bond donors (Lipinski definition) is 2. The number of nitrogens with one attached hydrogen (secondary N) is 2. The molecule has 4 nitrogen and oxygen atoms in total. The summed E-state index contributed by atoms with van der Waals surface area (Å²) in [6.07, 6.45) is 0. The first-order valence-electron chi connectivity index (χ1n) is 6.49. The highest BCUT2D eigenvalue weighted by atomic mass is 32.2. The van der Waals surface area contributed by atoms with E-state index in [1.807, 2.05) is 0 Å². The van der Waals surface area contributed by atoms with Gasteiger partial charge in [0.25, 0.3) is 0 Å². The molecule has 0 aliphatic rings. The molecule has 0 aliphatic heterocycles. The number of benzene rings is 2. The van der Waals surface area contributed by atoms with Crippen molar-refractivity contribution >= 4 is 10.0 Å². The van der Waals surface area contributed by atoms with Gasteiger partial charge in [-0.1, -0.05) is 30.3 Å². The number of hydrogen-bond acceptors (Lipinski definition) is 3. The average molecular weight is 308 g/mol. The van der Waals surface area contributed by atoms with E-state index in [0.29, 0.717) is 17.7 Å². The van der Waals surface area contributed by atoms with E-state index in [1.54, 1.807) is 43.4 Å². The van der Waals surface area contributed by atoms with E-state index < -0.39 is 10.0 Å². The highest BCUT2D eigenvalue weighted by Gasteiger charge is 2.17. The van der Waals surface area contributed by atoms with Gasteiger partial charge in [-0.25, -0.2) is 17.5 Å². The summed E-state index contributed by atoms with van der Waals surface area (Å²) >= 11 is 0. The summed E-state index contributed by atoms with van der Waals surface area (Å²) in [5.74, 6) is -0.346. The standard InChI is InChI=1S/C15H17FN2O2S/c1-17-11-13-4-2-3-5-15(13)21(19,20)18-10-12-6-8-14(16)9-7-12/h2-9,17-18H,10-11H2,1H3. The zero-order chi connectivity index (χ0) is 15.3. The van der Waals surface area contributed by atoms with E-state index in [9.17, 15) is 12.8 Å². The molecule has 0 amide bonds. The van der Waals surface area contributed by atoms with Crippen LogP contribution in [0.1, 0.15) is 11.1 Å². The minimum absolute atomic E-state index is 0.122. The SMILES string of the molecule is CNCc1ccccc1S(=O)(=O)NCc1ccc(F)cc1. The van der Waals surface area contributed by atoms with Crippen molar-refractivity contribution in [1.82, 2.24) is 10.0 Å². The Balaban J connectivity index is 2.17. The van der Waals surface area contributed by atoms with E-state index >= 15 is 0 Å². The Labute approximate surface area is 124 Å². The van der Waals surface area contributed by atoms with Gasteiger partial charge in [-0.2, -0.15) is 0 Å². The molecule has 0 spiro atoms. The number of halogens is 1. The normalized spacial score (nSPS) is 11.5. The third-order valence-electron chi connectivity index (χ3n) is 3.01. The van der Waals surface area contributed by atoms with Crippen LogP contribution in [0.25, 0.3) is 0 Å². The zero-order valence-electron chi connectivity index (χ0n) is 11.6. The lowest BCUT2D eigenvalue weighted by Gasteiger charge is -2.11. The van der Waals surface area contributed by atoms with Crippen LogP contribution in [0, 0.1) is 5.82 Å². The quantitative estimate of drug-likeness (QED) is 0.858. The fourth-order valence-corrected chi connectivity index (χ4v) is 3.22. The monoisotopic (exact) mass is 308 g/mol. The van der Waals surface area contributed by atoms with Crippen LogP contribution in [0.15, 0.2) is 53.4 Å². The van der Waals surface area contributed by atoms with Gasteiger partial charge in [0.15, 0.2) is 0 Å². The molecule has 2 rings (SSSR count). The molecule has 6 heteroatoms. The van der Waals surface area contributed by atoms with Crippen molar-refractivity contribution in [3.8, 4) is 0 Å². The van der Waals surface area contributed by atoms with Gasteiger partial charge in [0.1, 0.15) is 5.82 Å². The summed E-state index contributed by atoms with van der Waals surface area (Å²) in [5.41, 5.74) is 1.40. The van der Waals surface area contributed by atoms with Gasteiger partial charge in [0.2, 0.25) is 10.0 Å². The summed E-state index contributed by atoms with van der Waals surface area (Å²) in [6, 6.07) is 12.5. The first-order chi connectivity index (χ1) is 10.0. The van der Waals surface area contributed by atoms with E-state index in [1.165, 1.54) is 12.1 Å². The third-order valence-corrected chi connectivity index (χ3v) is 4.51. The van der Waals surface area contributed by atoms with Gasteiger partial charge in [-0.15, -0.1) is 0 Å². The Morgan fingerprint density at radius 1 is 1.00 bits per heavy atom.